The van der Waals surface area contributed by atoms with Crippen molar-refractivity contribution < 1.29 is 19.1 Å². The number of amides is 1. The van der Waals surface area contributed by atoms with E-state index in [-0.39, 0.29) is 12.5 Å². The van der Waals surface area contributed by atoms with Gasteiger partial charge in [0.15, 0.2) is 6.10 Å². The van der Waals surface area contributed by atoms with Crippen molar-refractivity contribution in [2.75, 3.05) is 13.7 Å². The summed E-state index contributed by atoms with van der Waals surface area (Å²) in [4.78, 5) is 26.9. The van der Waals surface area contributed by atoms with E-state index in [4.69, 9.17) is 21.1 Å². The third-order valence-electron chi connectivity index (χ3n) is 5.76. The standard InChI is InChI=1S/C21H25ClN2O4/c1-14(19(25)24(2)21(13-23)8-4-3-5-9-21)28-20(26)16-10-15-11-17(22)6-7-18(15)27-12-16/h6-7,11,14,16H,3-5,8-10,12H2,1-2H3/t14-,16+/m0/s1. The predicted molar refractivity (Wildman–Crippen MR) is 104 cm³/mol. The van der Waals surface area contributed by atoms with E-state index < -0.39 is 23.5 Å². The fourth-order valence-electron chi connectivity index (χ4n) is 3.98. The van der Waals surface area contributed by atoms with Crippen molar-refractivity contribution in [3.63, 3.8) is 0 Å². The van der Waals surface area contributed by atoms with Crippen LogP contribution in [0.25, 0.3) is 0 Å². The van der Waals surface area contributed by atoms with Crippen molar-refractivity contribution in [2.24, 2.45) is 5.92 Å². The molecule has 0 N–H and O–H groups in total. The van der Waals surface area contributed by atoms with Crippen LogP contribution < -0.4 is 4.74 Å². The number of halogens is 1. The summed E-state index contributed by atoms with van der Waals surface area (Å²) in [7, 11) is 1.63. The number of rotatable bonds is 4. The van der Waals surface area contributed by atoms with Gasteiger partial charge in [-0.25, -0.2) is 0 Å². The largest absolute Gasteiger partial charge is 0.492 e. The molecule has 1 aromatic carbocycles. The molecule has 0 bridgehead atoms. The Morgan fingerprint density at radius 2 is 2.07 bits per heavy atom. The molecule has 1 fully saturated rings. The normalized spacial score (nSPS) is 21.4. The Morgan fingerprint density at radius 1 is 1.36 bits per heavy atom. The van der Waals surface area contributed by atoms with Crippen LogP contribution in [0.15, 0.2) is 18.2 Å². The molecule has 0 spiro atoms. The number of nitriles is 1. The van der Waals surface area contributed by atoms with E-state index in [0.29, 0.717) is 30.0 Å². The van der Waals surface area contributed by atoms with Crippen LogP contribution in [0.5, 0.6) is 5.75 Å². The van der Waals surface area contributed by atoms with E-state index in [2.05, 4.69) is 6.07 Å². The van der Waals surface area contributed by atoms with Gasteiger partial charge < -0.3 is 14.4 Å². The third-order valence-corrected chi connectivity index (χ3v) is 6.00. The number of likely N-dealkylation sites (N-methyl/N-ethyl adjacent to an activating group) is 1. The van der Waals surface area contributed by atoms with Crippen LogP contribution in [0.1, 0.15) is 44.6 Å². The first-order valence-corrected chi connectivity index (χ1v) is 10.0. The first kappa shape index (κ1) is 20.5. The van der Waals surface area contributed by atoms with E-state index in [0.717, 1.165) is 24.8 Å². The van der Waals surface area contributed by atoms with Crippen molar-refractivity contribution in [1.82, 2.24) is 4.90 Å². The molecule has 0 saturated heterocycles. The Balaban J connectivity index is 1.62. The minimum Gasteiger partial charge on any atom is -0.492 e. The Bertz CT molecular complexity index is 798. The summed E-state index contributed by atoms with van der Waals surface area (Å²) >= 11 is 6.02. The van der Waals surface area contributed by atoms with Crippen LogP contribution in [0, 0.1) is 17.2 Å². The highest BCUT2D eigenvalue weighted by Crippen LogP contribution is 2.33. The lowest BCUT2D eigenvalue weighted by Crippen LogP contribution is -2.53. The number of benzene rings is 1. The fraction of sp³-hybridized carbons (Fsp3) is 0.571. The van der Waals surface area contributed by atoms with E-state index in [9.17, 15) is 14.9 Å². The van der Waals surface area contributed by atoms with Crippen LogP contribution in [-0.4, -0.2) is 42.1 Å². The molecule has 3 rings (SSSR count). The number of esters is 1. The second-order valence-corrected chi connectivity index (χ2v) is 8.08. The van der Waals surface area contributed by atoms with E-state index in [1.165, 1.54) is 4.90 Å². The smallest absolute Gasteiger partial charge is 0.313 e. The van der Waals surface area contributed by atoms with Gasteiger partial charge >= 0.3 is 5.97 Å². The summed E-state index contributed by atoms with van der Waals surface area (Å²) in [6.45, 7) is 1.76. The highest BCUT2D eigenvalue weighted by Gasteiger charge is 2.41. The van der Waals surface area contributed by atoms with Crippen molar-refractivity contribution in [2.45, 2.75) is 57.1 Å². The van der Waals surface area contributed by atoms with Gasteiger partial charge in [0.25, 0.3) is 5.91 Å². The summed E-state index contributed by atoms with van der Waals surface area (Å²) in [5.74, 6) is -0.608. The van der Waals surface area contributed by atoms with Gasteiger partial charge in [-0.1, -0.05) is 30.9 Å². The summed E-state index contributed by atoms with van der Waals surface area (Å²) in [6.07, 6.45) is 3.71. The number of carbonyl (C=O) groups excluding carboxylic acids is 2. The fourth-order valence-corrected chi connectivity index (χ4v) is 4.17. The molecule has 28 heavy (non-hydrogen) atoms. The molecule has 0 unspecified atom stereocenters. The Hall–Kier alpha value is -2.26. The molecule has 0 aromatic heterocycles. The van der Waals surface area contributed by atoms with Crippen molar-refractivity contribution in [3.05, 3.63) is 28.8 Å². The number of ether oxygens (including phenoxy) is 2. The molecule has 0 radical (unpaired) electrons. The average Bonchev–Trinajstić information content (AvgIpc) is 2.72. The molecule has 1 amide bonds. The first-order valence-electron chi connectivity index (χ1n) is 9.67. The van der Waals surface area contributed by atoms with Crippen LogP contribution >= 0.6 is 11.6 Å². The molecule has 6 nitrogen and oxygen atoms in total. The lowest BCUT2D eigenvalue weighted by Gasteiger charge is -2.40. The summed E-state index contributed by atoms with van der Waals surface area (Å²) in [5, 5.41) is 10.2. The zero-order chi connectivity index (χ0) is 20.3. The Labute approximate surface area is 170 Å². The molecule has 1 aromatic rings. The Kier molecular flexibility index (Phi) is 6.14. The van der Waals surface area contributed by atoms with Gasteiger partial charge in [-0.2, -0.15) is 5.26 Å². The van der Waals surface area contributed by atoms with Gasteiger partial charge in [0.2, 0.25) is 0 Å². The lowest BCUT2D eigenvalue weighted by molar-refractivity contribution is -0.165. The van der Waals surface area contributed by atoms with Crippen LogP contribution in [-0.2, 0) is 20.7 Å². The molecular weight excluding hydrogens is 380 g/mol. The third kappa shape index (κ3) is 4.10. The van der Waals surface area contributed by atoms with Crippen LogP contribution in [0.2, 0.25) is 5.02 Å². The molecular formula is C21H25ClN2O4. The van der Waals surface area contributed by atoms with Gasteiger partial charge in [-0.05, 0) is 49.9 Å². The number of nitrogens with zero attached hydrogens (tertiary/aromatic N) is 2. The summed E-state index contributed by atoms with van der Waals surface area (Å²) < 4.78 is 11.1. The SMILES string of the molecule is C[C@H](OC(=O)[C@H]1COc2ccc(Cl)cc2C1)C(=O)N(C)C1(C#N)CCCCC1. The van der Waals surface area contributed by atoms with E-state index >= 15 is 0 Å². The number of fused-ring (bicyclic) bond motifs is 1. The number of hydrogen-bond donors (Lipinski definition) is 0. The van der Waals surface area contributed by atoms with Gasteiger partial charge in [0.1, 0.15) is 17.9 Å². The highest BCUT2D eigenvalue weighted by molar-refractivity contribution is 6.30. The zero-order valence-corrected chi connectivity index (χ0v) is 17.0. The molecule has 1 aliphatic heterocycles. The molecule has 1 saturated carbocycles. The van der Waals surface area contributed by atoms with Crippen LogP contribution in [0.3, 0.4) is 0 Å². The number of carbonyl (C=O) groups is 2. The van der Waals surface area contributed by atoms with Crippen molar-refractivity contribution in [3.8, 4) is 11.8 Å². The molecule has 1 heterocycles. The molecule has 2 aliphatic rings. The minimum absolute atomic E-state index is 0.201. The van der Waals surface area contributed by atoms with Crippen LogP contribution in [0.4, 0.5) is 0 Å². The van der Waals surface area contributed by atoms with Gasteiger partial charge in [0, 0.05) is 12.1 Å². The second kappa shape index (κ2) is 8.40. The maximum Gasteiger partial charge on any atom is 0.313 e. The maximum atomic E-state index is 12.8. The van der Waals surface area contributed by atoms with Gasteiger partial charge in [-0.3, -0.25) is 9.59 Å². The zero-order valence-electron chi connectivity index (χ0n) is 16.2. The highest BCUT2D eigenvalue weighted by atomic mass is 35.5. The molecule has 1 aliphatic carbocycles. The second-order valence-electron chi connectivity index (χ2n) is 7.64. The molecule has 150 valence electrons. The van der Waals surface area contributed by atoms with E-state index in [1.54, 1.807) is 32.2 Å². The summed E-state index contributed by atoms with van der Waals surface area (Å²) in [6, 6.07) is 7.62. The monoisotopic (exact) mass is 404 g/mol. The van der Waals surface area contributed by atoms with Crippen molar-refractivity contribution in [1.29, 1.82) is 5.26 Å². The molecule has 7 heteroatoms. The minimum atomic E-state index is -0.953. The van der Waals surface area contributed by atoms with Gasteiger partial charge in [-0.15, -0.1) is 0 Å². The van der Waals surface area contributed by atoms with E-state index in [1.807, 2.05) is 0 Å². The first-order chi connectivity index (χ1) is 13.4. The maximum absolute atomic E-state index is 12.8. The topological polar surface area (TPSA) is 79.6 Å². The Morgan fingerprint density at radius 3 is 2.75 bits per heavy atom. The lowest BCUT2D eigenvalue weighted by atomic mass is 9.81. The van der Waals surface area contributed by atoms with Crippen molar-refractivity contribution >= 4 is 23.5 Å². The van der Waals surface area contributed by atoms with Gasteiger partial charge in [0.05, 0.1) is 12.0 Å². The quantitative estimate of drug-likeness (QED) is 0.717. The molecule has 2 atom stereocenters. The summed E-state index contributed by atoms with van der Waals surface area (Å²) in [5.41, 5.74) is 0.0436. The average molecular weight is 405 g/mol. The number of hydrogen-bond acceptors (Lipinski definition) is 5. The predicted octanol–water partition coefficient (Wildman–Crippen LogP) is 3.51.